The van der Waals surface area contributed by atoms with Gasteiger partial charge in [-0.1, -0.05) is 79.0 Å². The van der Waals surface area contributed by atoms with Crippen LogP contribution in [0, 0.1) is 5.92 Å². The van der Waals surface area contributed by atoms with Crippen molar-refractivity contribution in [3.8, 4) is 57.1 Å². The molecule has 36 nitrogen and oxygen atoms in total. The number of amides is 7. The first-order valence-corrected chi connectivity index (χ1v) is 37.5. The third kappa shape index (κ3) is 19.5. The van der Waals surface area contributed by atoms with E-state index in [0.29, 0.717) is 10.6 Å². The van der Waals surface area contributed by atoms with Gasteiger partial charge < -0.3 is 138 Å². The third-order valence-electron chi connectivity index (χ3n) is 20.2. The number of carboxylic acid groups (broad SMARTS) is 2. The van der Waals surface area contributed by atoms with E-state index in [-0.39, 0.29) is 60.8 Å². The van der Waals surface area contributed by atoms with Crippen molar-refractivity contribution in [2.45, 2.75) is 169 Å². The van der Waals surface area contributed by atoms with Gasteiger partial charge in [0.2, 0.25) is 53.4 Å². The first kappa shape index (κ1) is 86.6. The fraction of sp³-hybridized carbons (Fsp3) is 0.416. The molecule has 6 aromatic carbocycles. The van der Waals surface area contributed by atoms with Gasteiger partial charge in [0.1, 0.15) is 89.5 Å². The molecule has 6 aromatic rings. The molecule has 0 saturated carbocycles. The predicted molar refractivity (Wildman–Crippen MR) is 405 cm³/mol. The molecule has 7 heterocycles. The molecule has 0 aliphatic carbocycles. The summed E-state index contributed by atoms with van der Waals surface area (Å²) in [5.41, 5.74) is 0.576. The maximum absolute atomic E-state index is 16.2. The van der Waals surface area contributed by atoms with Gasteiger partial charge in [0.05, 0.1) is 47.9 Å². The maximum Gasteiger partial charge on any atom is 0.334 e. The number of hydrogen-bond acceptors (Lipinski definition) is 27. The Morgan fingerprint density at radius 1 is 0.690 bits per heavy atom. The summed E-state index contributed by atoms with van der Waals surface area (Å²) >= 11 is 20.3. The molecule has 2 saturated heterocycles. The van der Waals surface area contributed by atoms with Crippen LogP contribution in [0.5, 0.6) is 46.0 Å². The maximum atomic E-state index is 16.2. The van der Waals surface area contributed by atoms with E-state index >= 15 is 14.4 Å². The number of aliphatic carboxylic acids is 2. The molecule has 11 bridgehead atoms. The number of aromatic hydroxyl groups is 3. The highest BCUT2D eigenvalue weighted by atomic mass is 35.5. The van der Waals surface area contributed by atoms with Gasteiger partial charge in [0, 0.05) is 46.3 Å². The zero-order valence-electron chi connectivity index (χ0n) is 62.4. The predicted octanol–water partition coefficient (Wildman–Crippen LogP) is 2.45. The van der Waals surface area contributed by atoms with Gasteiger partial charge in [-0.15, -0.1) is 0 Å². The Hall–Kier alpha value is -10.3. The quantitative estimate of drug-likeness (QED) is 0.0492. The van der Waals surface area contributed by atoms with Crippen LogP contribution in [0.25, 0.3) is 11.1 Å². The van der Waals surface area contributed by atoms with Crippen LogP contribution in [0.3, 0.4) is 0 Å². The minimum Gasteiger partial charge on any atom is -0.508 e. The van der Waals surface area contributed by atoms with Crippen molar-refractivity contribution in [3.63, 3.8) is 0 Å². The summed E-state index contributed by atoms with van der Waals surface area (Å²) in [7, 11) is 1.46. The highest BCUT2D eigenvalue weighted by Gasteiger charge is 2.53. The molecular formula is C77H86Cl3N9O27. The molecule has 0 spiro atoms. The summed E-state index contributed by atoms with van der Waals surface area (Å²) in [5.74, 6) is -17.8. The minimum atomic E-state index is -2.40. The number of halogens is 3. The van der Waals surface area contributed by atoms with E-state index < -0.39 is 254 Å². The van der Waals surface area contributed by atoms with Crippen LogP contribution < -0.4 is 62.5 Å². The van der Waals surface area contributed by atoms with Crippen LogP contribution in [0.1, 0.15) is 117 Å². The Balaban J connectivity index is 1.11. The minimum absolute atomic E-state index is 0.0219. The number of phenols is 3. The van der Waals surface area contributed by atoms with Crippen molar-refractivity contribution < 1.29 is 132 Å². The lowest BCUT2D eigenvalue weighted by Crippen LogP contribution is -2.64. The molecule has 7 aliphatic heterocycles. The van der Waals surface area contributed by atoms with E-state index in [9.17, 15) is 84.9 Å². The normalized spacial score (nSPS) is 27.4. The molecule has 39 heteroatoms. The Kier molecular flexibility index (Phi) is 26.9. The van der Waals surface area contributed by atoms with Crippen molar-refractivity contribution in [1.82, 2.24) is 42.5 Å². The topological polar surface area (TPSA) is 563 Å². The highest BCUT2D eigenvalue weighted by molar-refractivity contribution is 6.32. The number of primary amides is 1. The second kappa shape index (κ2) is 36.1. The Labute approximate surface area is 675 Å². The lowest BCUT2D eigenvalue weighted by atomic mass is 9.81. The molecule has 7 aliphatic rings. The van der Waals surface area contributed by atoms with Crippen LogP contribution in [0.15, 0.2) is 103 Å². The number of hydrogen-bond donors (Lipinski definition) is 20. The van der Waals surface area contributed by atoms with Gasteiger partial charge in [-0.05, 0) is 134 Å². The van der Waals surface area contributed by atoms with Crippen LogP contribution in [-0.2, 0) is 68.7 Å². The SMILES string of the molecule is CN[C@H](CC(C)C)C(=O)N[C@@H]1C(=O)NC(CC(N)=O)C(=O)NC2C(=O)NC3C(=O)N[C@H](C(=O)NC(C(=O)O)c4cc(O)cc(O)c4-c4cc3ccc4O)[C@H](O)c3ccc(c(Cl)c3)Oc3cc2cc(c3OC2OC(CO)C(O)C(O)C2OC2CC(C)(NCC(OCc3ccc(Cl)cc3)C(=O)O)CC(C)(CO)O2)Oc2ccc(cc2Cl)C1O. The van der Waals surface area contributed by atoms with Gasteiger partial charge in [-0.3, -0.25) is 33.6 Å². The van der Waals surface area contributed by atoms with Gasteiger partial charge in [0.15, 0.2) is 36.0 Å². The van der Waals surface area contributed by atoms with Gasteiger partial charge in [0.25, 0.3) is 0 Å². The van der Waals surface area contributed by atoms with Crippen molar-refractivity contribution in [3.05, 3.63) is 152 Å². The molecule has 0 aromatic heterocycles. The number of ether oxygens (including phenoxy) is 7. The highest BCUT2D eigenvalue weighted by Crippen LogP contribution is 2.50. The smallest absolute Gasteiger partial charge is 0.334 e. The summed E-state index contributed by atoms with van der Waals surface area (Å²) in [5, 5.41) is 146. The molecule has 0 radical (unpaired) electrons. The molecule has 622 valence electrons. The lowest BCUT2D eigenvalue weighted by Gasteiger charge is -2.50. The van der Waals surface area contributed by atoms with Crippen molar-refractivity contribution in [2.24, 2.45) is 11.7 Å². The fourth-order valence-electron chi connectivity index (χ4n) is 14.3. The molecule has 18 atom stereocenters. The summed E-state index contributed by atoms with van der Waals surface area (Å²) in [6, 6.07) is 5.34. The second-order valence-electron chi connectivity index (χ2n) is 29.5. The molecule has 14 unspecified atom stereocenters. The number of aliphatic hydroxyl groups excluding tert-OH is 6. The number of carboxylic acids is 2. The number of rotatable bonds is 21. The fourth-order valence-corrected chi connectivity index (χ4v) is 14.9. The van der Waals surface area contributed by atoms with Crippen LogP contribution >= 0.6 is 34.8 Å². The van der Waals surface area contributed by atoms with Crippen molar-refractivity contribution in [1.29, 1.82) is 0 Å². The average Bonchev–Trinajstić information content (AvgIpc) is 0.765. The monoisotopic (exact) mass is 1670 g/mol. The zero-order chi connectivity index (χ0) is 84.3. The number of nitrogens with two attached hydrogens (primary N) is 1. The number of carbonyl (C=O) groups excluding carboxylic acids is 7. The number of nitrogens with one attached hydrogen (secondary N) is 8. The van der Waals surface area contributed by atoms with E-state index in [1.165, 1.54) is 26.1 Å². The Morgan fingerprint density at radius 3 is 1.91 bits per heavy atom. The van der Waals surface area contributed by atoms with E-state index in [2.05, 4.69) is 42.5 Å². The molecular weight excluding hydrogens is 1590 g/mol. The molecule has 21 N–H and O–H groups in total. The van der Waals surface area contributed by atoms with Crippen LogP contribution in [0.4, 0.5) is 0 Å². The van der Waals surface area contributed by atoms with E-state index in [4.69, 9.17) is 73.7 Å². The van der Waals surface area contributed by atoms with Crippen molar-refractivity contribution >= 4 is 88.1 Å². The first-order valence-electron chi connectivity index (χ1n) is 36.3. The number of carbonyl (C=O) groups is 9. The third-order valence-corrected chi connectivity index (χ3v) is 21.0. The van der Waals surface area contributed by atoms with Gasteiger partial charge in [-0.2, -0.15) is 0 Å². The number of benzene rings is 6. The van der Waals surface area contributed by atoms with E-state index in [1.807, 2.05) is 13.8 Å². The van der Waals surface area contributed by atoms with Gasteiger partial charge >= 0.3 is 11.9 Å². The standard InChI is InChI=1S/C77H86Cl3N9O27/c1-31(2)16-43(82-5)67(100)88-59-61(96)34-9-14-47(41(79)18-34)111-49-20-36-21-50(65(49)115-75-66(64(99)63(98)52(27-90)113-75)114-54-25-76(3,29-77(4,30-91)116-54)83-26-51(73(106)107)110-28-32-6-11-37(78)12-7-32)112-48-15-10-35(19-42(48)80)62(97)60-72(105)87-58(74(108)109)40-22-38(92)23-46(94)55(40)39-17-33(8-13-45(39)93)56(69(102)89-60)86-70(103)57(36)85-68(101)44(24-53(81)95)84-71(59)104/h6-15,17-23,31,43-44,51-52,54,56-64,66,75,82-83,90-94,96-99H,16,24-30H2,1-5H3,(H2,81,95)(H,84,104)(H,85,101)(H,86,103)(H,87,105)(H,88,100)(H,89,102)(H,106,107)(H,108,109)/t43-,44?,51?,52?,54?,56?,57?,58?,59+,60+,61?,62-,63?,64?,66?,75?,76?,77?/m1/s1. The second-order valence-corrected chi connectivity index (χ2v) is 30.8. The lowest BCUT2D eigenvalue weighted by molar-refractivity contribution is -0.340. The molecule has 13 rings (SSSR count). The Bertz CT molecular complexity index is 4760. The molecule has 2 fully saturated rings. The molecule has 116 heavy (non-hydrogen) atoms. The molecule has 7 amide bonds. The summed E-state index contributed by atoms with van der Waals surface area (Å²) < 4.78 is 45.3. The van der Waals surface area contributed by atoms with Crippen molar-refractivity contribution in [2.75, 3.05) is 26.8 Å². The summed E-state index contributed by atoms with van der Waals surface area (Å²) in [6.07, 6.45) is -18.7. The number of fused-ring (bicyclic) bond motifs is 15. The number of phenolic OH excluding ortho intramolecular Hbond substituents is 3. The van der Waals surface area contributed by atoms with E-state index in [1.54, 1.807) is 31.2 Å². The summed E-state index contributed by atoms with van der Waals surface area (Å²) in [6.45, 7) is 4.58. The first-order chi connectivity index (χ1) is 54.9. The van der Waals surface area contributed by atoms with Crippen LogP contribution in [-0.4, -0.2) is 215 Å². The largest absolute Gasteiger partial charge is 0.508 e. The summed E-state index contributed by atoms with van der Waals surface area (Å²) in [4.78, 5) is 131. The number of aliphatic hydroxyl groups is 6. The van der Waals surface area contributed by atoms with Crippen LogP contribution in [0.2, 0.25) is 15.1 Å². The van der Waals surface area contributed by atoms with Gasteiger partial charge in [-0.25, -0.2) is 9.59 Å². The average molecular weight is 1680 g/mol. The van der Waals surface area contributed by atoms with E-state index in [0.717, 1.165) is 66.7 Å². The number of likely N-dealkylation sites (N-methyl/N-ethyl adjacent to an activating group) is 1. The zero-order valence-corrected chi connectivity index (χ0v) is 64.7. The Morgan fingerprint density at radius 2 is 1.31 bits per heavy atom.